The van der Waals surface area contributed by atoms with Crippen LogP contribution in [0.15, 0.2) is 48.5 Å². The Kier molecular flexibility index (Phi) is 10.2. The van der Waals surface area contributed by atoms with Gasteiger partial charge in [-0.05, 0) is 37.6 Å². The van der Waals surface area contributed by atoms with E-state index in [2.05, 4.69) is 28.2 Å². The monoisotopic (exact) mass is 470 g/mol. The molecule has 1 fully saturated rings. The molecule has 1 saturated heterocycles. The summed E-state index contributed by atoms with van der Waals surface area (Å²) in [5.74, 6) is 1.05. The number of hydrazine groups is 1. The van der Waals surface area contributed by atoms with Crippen molar-refractivity contribution in [2.75, 3.05) is 40.5 Å². The highest BCUT2D eigenvalue weighted by Crippen LogP contribution is 2.29. The largest absolute Gasteiger partial charge is 0.493 e. The normalized spacial score (nSPS) is 17.7. The molecule has 8 heteroatoms. The van der Waals surface area contributed by atoms with Gasteiger partial charge in [0, 0.05) is 57.4 Å². The summed E-state index contributed by atoms with van der Waals surface area (Å²) in [6, 6.07) is 15.9. The summed E-state index contributed by atoms with van der Waals surface area (Å²) in [7, 11) is 3.26. The van der Waals surface area contributed by atoms with Crippen molar-refractivity contribution in [3.05, 3.63) is 59.7 Å². The van der Waals surface area contributed by atoms with E-state index >= 15 is 0 Å². The second-order valence-electron chi connectivity index (χ2n) is 8.70. The van der Waals surface area contributed by atoms with Crippen LogP contribution in [0.2, 0.25) is 0 Å². The number of hydrogen-bond acceptors (Lipinski definition) is 7. The molecule has 0 aromatic heterocycles. The van der Waals surface area contributed by atoms with Crippen LogP contribution in [0.3, 0.4) is 0 Å². The molecule has 3 N–H and O–H groups in total. The minimum Gasteiger partial charge on any atom is -0.493 e. The maximum Gasteiger partial charge on any atom is 0.268 e. The van der Waals surface area contributed by atoms with Crippen molar-refractivity contribution in [2.24, 2.45) is 0 Å². The van der Waals surface area contributed by atoms with Gasteiger partial charge in [-0.3, -0.25) is 9.80 Å². The Balaban J connectivity index is 1.67. The van der Waals surface area contributed by atoms with Gasteiger partial charge in [-0.25, -0.2) is 5.43 Å². The smallest absolute Gasteiger partial charge is 0.268 e. The Morgan fingerprint density at radius 2 is 1.82 bits per heavy atom. The van der Waals surface area contributed by atoms with Crippen LogP contribution in [-0.2, 0) is 11.3 Å². The van der Waals surface area contributed by atoms with Crippen molar-refractivity contribution < 1.29 is 19.0 Å². The highest BCUT2D eigenvalue weighted by Gasteiger charge is 2.31. The Morgan fingerprint density at radius 3 is 2.53 bits per heavy atom. The average molecular weight is 471 g/mol. The van der Waals surface area contributed by atoms with E-state index in [1.54, 1.807) is 37.4 Å². The van der Waals surface area contributed by atoms with E-state index in [4.69, 9.17) is 14.2 Å². The van der Waals surface area contributed by atoms with E-state index in [1.807, 2.05) is 32.0 Å². The third-order valence-electron chi connectivity index (χ3n) is 5.83. The maximum absolute atomic E-state index is 13.5. The summed E-state index contributed by atoms with van der Waals surface area (Å²) < 4.78 is 16.4. The summed E-state index contributed by atoms with van der Waals surface area (Å²) in [5.41, 5.74) is 5.26. The fourth-order valence-corrected chi connectivity index (χ4v) is 3.94. The lowest BCUT2D eigenvalue weighted by Crippen LogP contribution is -2.57. The number of hydrogen-bond donors (Lipinski definition) is 3. The van der Waals surface area contributed by atoms with E-state index in [0.717, 1.165) is 26.1 Å². The van der Waals surface area contributed by atoms with Gasteiger partial charge in [0.1, 0.15) is 0 Å². The number of rotatable bonds is 13. The molecule has 3 rings (SSSR count). The fourth-order valence-electron chi connectivity index (χ4n) is 3.94. The molecule has 34 heavy (non-hydrogen) atoms. The molecule has 1 amide bonds. The number of carbonyl (C=O) groups excluding carboxylic acids is 1. The molecule has 0 saturated carbocycles. The van der Waals surface area contributed by atoms with Crippen LogP contribution in [-0.4, -0.2) is 69.6 Å². The van der Waals surface area contributed by atoms with Gasteiger partial charge in [0.15, 0.2) is 11.5 Å². The van der Waals surface area contributed by atoms with Crippen LogP contribution in [0.1, 0.15) is 36.2 Å². The second kappa shape index (κ2) is 13.3. The zero-order chi connectivity index (χ0) is 24.3. The maximum atomic E-state index is 13.5. The van der Waals surface area contributed by atoms with Gasteiger partial charge in [-0.2, -0.15) is 0 Å². The summed E-state index contributed by atoms with van der Waals surface area (Å²) in [4.78, 5) is 13.5. The van der Waals surface area contributed by atoms with E-state index in [1.165, 1.54) is 5.56 Å². The molecule has 2 atom stereocenters. The van der Waals surface area contributed by atoms with E-state index in [0.29, 0.717) is 30.3 Å². The van der Waals surface area contributed by atoms with Gasteiger partial charge < -0.3 is 24.8 Å². The van der Waals surface area contributed by atoms with Crippen LogP contribution in [0.4, 0.5) is 0 Å². The molecule has 2 aromatic carbocycles. The molecule has 1 aliphatic heterocycles. The van der Waals surface area contributed by atoms with Crippen molar-refractivity contribution in [1.29, 1.82) is 0 Å². The van der Waals surface area contributed by atoms with Crippen molar-refractivity contribution in [1.82, 2.24) is 21.1 Å². The third kappa shape index (κ3) is 7.17. The molecule has 186 valence electrons. The minimum absolute atomic E-state index is 0.0314. The summed E-state index contributed by atoms with van der Waals surface area (Å²) in [6.45, 7) is 7.50. The van der Waals surface area contributed by atoms with Crippen molar-refractivity contribution in [3.8, 4) is 11.5 Å². The quantitative estimate of drug-likeness (QED) is 0.307. The summed E-state index contributed by atoms with van der Waals surface area (Å²) in [5, 5.41) is 8.76. The molecule has 0 unspecified atom stereocenters. The summed E-state index contributed by atoms with van der Waals surface area (Å²) in [6.07, 6.45) is 0.754. The van der Waals surface area contributed by atoms with Crippen LogP contribution in [0, 0.1) is 0 Å². The van der Waals surface area contributed by atoms with Gasteiger partial charge in [-0.1, -0.05) is 30.3 Å². The number of nitrogens with one attached hydrogen (secondary N) is 3. The first-order chi connectivity index (χ1) is 16.5. The second-order valence-corrected chi connectivity index (χ2v) is 8.70. The van der Waals surface area contributed by atoms with E-state index in [-0.39, 0.29) is 24.0 Å². The lowest BCUT2D eigenvalue weighted by Gasteiger charge is -2.33. The number of methoxy groups -OCH3 is 2. The number of ether oxygens (including phenoxy) is 3. The van der Waals surface area contributed by atoms with Crippen LogP contribution < -0.4 is 25.5 Å². The molecule has 0 radical (unpaired) electrons. The lowest BCUT2D eigenvalue weighted by atomic mass is 10.1. The van der Waals surface area contributed by atoms with Crippen LogP contribution >= 0.6 is 0 Å². The van der Waals surface area contributed by atoms with Gasteiger partial charge in [-0.15, -0.1) is 0 Å². The van der Waals surface area contributed by atoms with Crippen molar-refractivity contribution in [3.63, 3.8) is 0 Å². The topological polar surface area (TPSA) is 84.1 Å². The van der Waals surface area contributed by atoms with Crippen LogP contribution in [0.25, 0.3) is 0 Å². The molecule has 0 spiro atoms. The van der Waals surface area contributed by atoms with Gasteiger partial charge in [0.25, 0.3) is 5.91 Å². The lowest BCUT2D eigenvalue weighted by molar-refractivity contribution is 0.0527. The number of amides is 1. The first-order valence-electron chi connectivity index (χ1n) is 11.9. The van der Waals surface area contributed by atoms with Crippen molar-refractivity contribution >= 4 is 5.91 Å². The Bertz CT molecular complexity index is 894. The van der Waals surface area contributed by atoms with Gasteiger partial charge in [0.2, 0.25) is 0 Å². The molecular weight excluding hydrogens is 432 g/mol. The van der Waals surface area contributed by atoms with Crippen LogP contribution in [0.5, 0.6) is 11.5 Å². The molecule has 2 aromatic rings. The third-order valence-corrected chi connectivity index (χ3v) is 5.83. The Labute approximate surface area is 202 Å². The fraction of sp³-hybridized carbons (Fsp3) is 0.500. The highest BCUT2D eigenvalue weighted by molar-refractivity contribution is 5.94. The number of carbonyl (C=O) groups is 1. The highest BCUT2D eigenvalue weighted by atomic mass is 16.5. The molecule has 1 aliphatic rings. The van der Waals surface area contributed by atoms with E-state index in [9.17, 15) is 4.79 Å². The summed E-state index contributed by atoms with van der Waals surface area (Å²) >= 11 is 0. The van der Waals surface area contributed by atoms with Crippen molar-refractivity contribution in [2.45, 2.75) is 44.9 Å². The standard InChI is InChI=1S/C26H38N4O4/c1-19(2)30(29-23-18-27-17-22(23)28-16-20-9-6-5-7-10-20)26(31)21-11-12-24(33-4)25(15-21)34-14-8-13-32-3/h5-7,9-12,15,19,22-23,27-29H,8,13-14,16-18H2,1-4H3/t22-,23+/m0/s1. The zero-order valence-corrected chi connectivity index (χ0v) is 20.7. The predicted molar refractivity (Wildman–Crippen MR) is 133 cm³/mol. The Morgan fingerprint density at radius 1 is 1.06 bits per heavy atom. The molecular formula is C26H38N4O4. The van der Waals surface area contributed by atoms with Gasteiger partial charge in [0.05, 0.1) is 19.8 Å². The molecule has 1 heterocycles. The number of nitrogens with zero attached hydrogens (tertiary/aromatic N) is 1. The Hall–Kier alpha value is -2.65. The predicted octanol–water partition coefficient (Wildman–Crippen LogP) is 2.60. The molecule has 8 nitrogen and oxygen atoms in total. The molecule has 0 aliphatic carbocycles. The van der Waals surface area contributed by atoms with E-state index < -0.39 is 0 Å². The average Bonchev–Trinajstić information content (AvgIpc) is 3.31. The first-order valence-corrected chi connectivity index (χ1v) is 11.9. The molecule has 0 bridgehead atoms. The minimum atomic E-state index is -0.104. The first kappa shape index (κ1) is 26.0. The SMILES string of the molecule is COCCCOc1cc(C(=O)N(N[C@@H]2CNC[C@@H]2NCc2ccccc2)C(C)C)ccc1OC. The van der Waals surface area contributed by atoms with Gasteiger partial charge >= 0.3 is 0 Å². The number of benzene rings is 2. The zero-order valence-electron chi connectivity index (χ0n) is 20.7.